The van der Waals surface area contributed by atoms with Gasteiger partial charge >= 0.3 is 0 Å². The van der Waals surface area contributed by atoms with E-state index in [1.165, 1.54) is 12.4 Å². The van der Waals surface area contributed by atoms with Gasteiger partial charge in [-0.3, -0.25) is 9.97 Å². The molecule has 76 valence electrons. The Bertz CT molecular complexity index is 319. The molecule has 0 aliphatic rings. The second-order valence-corrected chi connectivity index (χ2v) is 2.48. The van der Waals surface area contributed by atoms with Crippen molar-refractivity contribution in [3.05, 3.63) is 49.1 Å². The molecule has 4 nitrogen and oxygen atoms in total. The Hall–Kier alpha value is -1.39. The van der Waals surface area contributed by atoms with Gasteiger partial charge in [0, 0.05) is 46.2 Å². The van der Waals surface area contributed by atoms with Crippen LogP contribution >= 0.6 is 0 Å². The molecule has 15 heavy (non-hydrogen) atoms. The largest absolute Gasteiger partial charge is 0.592 e. The minimum absolute atomic E-state index is 0. The molecule has 5 heteroatoms. The normalized spacial score (nSPS) is 8.00. The van der Waals surface area contributed by atoms with E-state index in [0.717, 1.165) is 0 Å². The Labute approximate surface area is 103 Å². The van der Waals surface area contributed by atoms with Gasteiger partial charge in [0.25, 0.3) is 11.5 Å². The van der Waals surface area contributed by atoms with Crippen molar-refractivity contribution >= 4 is 0 Å². The SMILES string of the molecule is [OH2+]c1cccnc1.[OH2+]c1cccnc1.[Ti]. The first kappa shape index (κ1) is 13.6. The monoisotopic (exact) mass is 240 g/mol. The van der Waals surface area contributed by atoms with Gasteiger partial charge in [-0.25, -0.2) is 0 Å². The van der Waals surface area contributed by atoms with Crippen LogP contribution in [-0.2, 0) is 21.7 Å². The molecule has 0 bridgehead atoms. The van der Waals surface area contributed by atoms with Crippen molar-refractivity contribution in [2.24, 2.45) is 0 Å². The Balaban J connectivity index is 0.000000245. The van der Waals surface area contributed by atoms with Gasteiger partial charge in [0.05, 0.1) is 0 Å². The van der Waals surface area contributed by atoms with Crippen molar-refractivity contribution < 1.29 is 31.9 Å². The van der Waals surface area contributed by atoms with Gasteiger partial charge in [-0.1, -0.05) is 0 Å². The minimum Gasteiger partial charge on any atom is -0.592 e. The molecule has 0 saturated carbocycles. The summed E-state index contributed by atoms with van der Waals surface area (Å²) in [4.78, 5) is 7.39. The van der Waals surface area contributed by atoms with Crippen molar-refractivity contribution in [2.45, 2.75) is 0 Å². The Kier molecular flexibility index (Phi) is 7.23. The van der Waals surface area contributed by atoms with Crippen LogP contribution in [0, 0.1) is 0 Å². The van der Waals surface area contributed by atoms with Crippen LogP contribution in [-0.4, -0.2) is 20.2 Å². The van der Waals surface area contributed by atoms with E-state index in [4.69, 9.17) is 10.2 Å². The molecule has 0 aromatic carbocycles. The van der Waals surface area contributed by atoms with Crippen molar-refractivity contribution in [3.63, 3.8) is 0 Å². The van der Waals surface area contributed by atoms with Gasteiger partial charge in [-0.05, 0) is 12.1 Å². The smallest absolute Gasteiger partial charge is 0.272 e. The topological polar surface area (TPSA) is 71.6 Å². The van der Waals surface area contributed by atoms with Gasteiger partial charge in [0.2, 0.25) is 0 Å². The second-order valence-electron chi connectivity index (χ2n) is 2.48. The molecular formula is C10H12N2O2Ti+2. The molecule has 0 unspecified atom stereocenters. The number of pyridine rings is 2. The van der Waals surface area contributed by atoms with E-state index in [1.807, 2.05) is 0 Å². The van der Waals surface area contributed by atoms with Crippen LogP contribution in [0.25, 0.3) is 0 Å². The van der Waals surface area contributed by atoms with Crippen LogP contribution in [0.4, 0.5) is 0 Å². The molecule has 0 amide bonds. The predicted molar refractivity (Wildman–Crippen MR) is 54.6 cm³/mol. The summed E-state index contributed by atoms with van der Waals surface area (Å²) in [5.41, 5.74) is 0. The van der Waals surface area contributed by atoms with Crippen LogP contribution in [0.2, 0.25) is 0 Å². The van der Waals surface area contributed by atoms with Crippen LogP contribution in [0.15, 0.2) is 49.1 Å². The number of aromatic nitrogens is 2. The number of nitrogens with zero attached hydrogens (tertiary/aromatic N) is 2. The van der Waals surface area contributed by atoms with E-state index in [9.17, 15) is 0 Å². The average Bonchev–Trinajstić information content (AvgIpc) is 2.21. The van der Waals surface area contributed by atoms with Gasteiger partial charge in [-0.2, -0.15) is 0 Å². The summed E-state index contributed by atoms with van der Waals surface area (Å²) in [7, 11) is 0. The maximum absolute atomic E-state index is 6.93. The first-order chi connectivity index (χ1) is 6.79. The molecule has 4 N–H and O–H groups in total. The summed E-state index contributed by atoms with van der Waals surface area (Å²) in [6.45, 7) is 0. The van der Waals surface area contributed by atoms with E-state index in [-0.39, 0.29) is 21.7 Å². The van der Waals surface area contributed by atoms with E-state index in [0.29, 0.717) is 11.5 Å². The second kappa shape index (κ2) is 7.97. The average molecular weight is 240 g/mol. The van der Waals surface area contributed by atoms with Gasteiger partial charge in [0.15, 0.2) is 0 Å². The first-order valence-electron chi connectivity index (χ1n) is 4.02. The standard InChI is InChI=1S/2C5H5NO.Ti/c2*7-5-2-1-3-6-4-5;/h2*1-4,7H;/p+2. The molecule has 2 aromatic rings. The molecule has 2 rings (SSSR count). The molecule has 0 saturated heterocycles. The van der Waals surface area contributed by atoms with E-state index < -0.39 is 0 Å². The number of rotatable bonds is 0. The van der Waals surface area contributed by atoms with E-state index in [2.05, 4.69) is 9.97 Å². The van der Waals surface area contributed by atoms with Crippen LogP contribution in [0.3, 0.4) is 0 Å². The number of hydrogen-bond acceptors (Lipinski definition) is 2. The molecule has 2 heterocycles. The maximum Gasteiger partial charge on any atom is 0.272 e. The zero-order chi connectivity index (χ0) is 10.2. The Morgan fingerprint density at radius 3 is 1.33 bits per heavy atom. The summed E-state index contributed by atoms with van der Waals surface area (Å²) in [6, 6.07) is 6.85. The quantitative estimate of drug-likeness (QED) is 0.509. The third-order valence-corrected chi connectivity index (χ3v) is 1.32. The molecule has 0 atom stereocenters. The van der Waals surface area contributed by atoms with Crippen molar-refractivity contribution in [1.29, 1.82) is 0 Å². The van der Waals surface area contributed by atoms with Crippen molar-refractivity contribution in [2.75, 3.05) is 0 Å². The first-order valence-corrected chi connectivity index (χ1v) is 4.02. The minimum atomic E-state index is 0. The summed E-state index contributed by atoms with van der Waals surface area (Å²) >= 11 is 0. The number of hydrogen-bond donors (Lipinski definition) is 0. The summed E-state index contributed by atoms with van der Waals surface area (Å²) in [6.07, 6.45) is 6.30. The zero-order valence-corrected chi connectivity index (χ0v) is 9.57. The maximum atomic E-state index is 6.93. The Morgan fingerprint density at radius 1 is 0.800 bits per heavy atom. The van der Waals surface area contributed by atoms with Gasteiger partial charge in [-0.15, -0.1) is 0 Å². The fraction of sp³-hybridized carbons (Fsp3) is 0. The van der Waals surface area contributed by atoms with E-state index in [1.54, 1.807) is 36.7 Å². The third-order valence-electron chi connectivity index (χ3n) is 1.32. The van der Waals surface area contributed by atoms with Crippen LogP contribution < -0.4 is 0 Å². The molecule has 0 spiro atoms. The van der Waals surface area contributed by atoms with Gasteiger partial charge in [0.1, 0.15) is 12.4 Å². The Morgan fingerprint density at radius 2 is 1.20 bits per heavy atom. The summed E-state index contributed by atoms with van der Waals surface area (Å²) < 4.78 is 0. The fourth-order valence-corrected chi connectivity index (χ4v) is 0.726. The third kappa shape index (κ3) is 6.65. The molecule has 2 aromatic heterocycles. The van der Waals surface area contributed by atoms with Crippen molar-refractivity contribution in [1.82, 2.24) is 9.97 Å². The molecular weight excluding hydrogens is 228 g/mol. The van der Waals surface area contributed by atoms with Crippen molar-refractivity contribution in [3.8, 4) is 11.5 Å². The zero-order valence-electron chi connectivity index (χ0n) is 8.01. The fourth-order valence-electron chi connectivity index (χ4n) is 0.726. The molecule has 0 aliphatic carbocycles. The van der Waals surface area contributed by atoms with Crippen LogP contribution in [0.5, 0.6) is 11.5 Å². The van der Waals surface area contributed by atoms with E-state index >= 15 is 0 Å². The molecule has 0 radical (unpaired) electrons. The summed E-state index contributed by atoms with van der Waals surface area (Å²) in [5.74, 6) is 0.921. The predicted octanol–water partition coefficient (Wildman–Crippen LogP) is 1.04. The summed E-state index contributed by atoms with van der Waals surface area (Å²) in [5, 5.41) is 13.9. The molecule has 0 aliphatic heterocycles. The molecule has 0 fully saturated rings. The van der Waals surface area contributed by atoms with Crippen LogP contribution in [0.1, 0.15) is 0 Å². The van der Waals surface area contributed by atoms with Gasteiger partial charge < -0.3 is 10.2 Å².